The minimum atomic E-state index is -0.489. The van der Waals surface area contributed by atoms with Crippen molar-refractivity contribution in [2.75, 3.05) is 6.61 Å². The average Bonchev–Trinajstić information content (AvgIpc) is 2.67. The van der Waals surface area contributed by atoms with Gasteiger partial charge in [-0.05, 0) is 13.3 Å². The summed E-state index contributed by atoms with van der Waals surface area (Å²) in [6, 6.07) is 0. The fraction of sp³-hybridized carbons (Fsp3) is 1.00. The third-order valence-electron chi connectivity index (χ3n) is 2.14. The zero-order valence-corrected chi connectivity index (χ0v) is 7.47. The maximum absolute atomic E-state index is 9.78. The van der Waals surface area contributed by atoms with Crippen molar-refractivity contribution < 1.29 is 9.84 Å². The molecule has 0 aromatic heterocycles. The third kappa shape index (κ3) is 3.73. The lowest BCUT2D eigenvalue weighted by Gasteiger charge is -2.21. The van der Waals surface area contributed by atoms with Gasteiger partial charge in [0.2, 0.25) is 0 Å². The molecule has 11 heavy (non-hydrogen) atoms. The second-order valence-electron chi connectivity index (χ2n) is 3.76. The molecular weight excluding hydrogens is 140 g/mol. The zero-order chi connectivity index (χ0) is 8.32. The van der Waals surface area contributed by atoms with Crippen LogP contribution in [0, 0.1) is 0 Å². The number of rotatable bonds is 5. The fourth-order valence-electron chi connectivity index (χ4n) is 1.34. The zero-order valence-electron chi connectivity index (χ0n) is 7.47. The molecule has 0 radical (unpaired) electrons. The van der Waals surface area contributed by atoms with Gasteiger partial charge < -0.3 is 9.84 Å². The van der Waals surface area contributed by atoms with Crippen LogP contribution in [-0.4, -0.2) is 23.4 Å². The normalized spacial score (nSPS) is 28.1. The first-order valence-electron chi connectivity index (χ1n) is 4.48. The van der Waals surface area contributed by atoms with Gasteiger partial charge in [-0.25, -0.2) is 0 Å². The summed E-state index contributed by atoms with van der Waals surface area (Å²) < 4.78 is 5.06. The molecule has 66 valence electrons. The number of unbranched alkanes of at least 4 members (excludes halogenated alkanes) is 1. The molecule has 0 amide bonds. The molecule has 1 N–H and O–H groups in total. The van der Waals surface area contributed by atoms with Gasteiger partial charge in [-0.2, -0.15) is 0 Å². The van der Waals surface area contributed by atoms with E-state index in [0.29, 0.717) is 6.10 Å². The molecule has 0 aliphatic carbocycles. The van der Waals surface area contributed by atoms with Gasteiger partial charge in [0.05, 0.1) is 18.3 Å². The standard InChI is InChI=1S/C9H18O2/c1-3-4-5-9(2,10)6-8-7-11-8/h8,10H,3-7H2,1-2H3. The molecule has 2 nitrogen and oxygen atoms in total. The van der Waals surface area contributed by atoms with Crippen LogP contribution in [0.4, 0.5) is 0 Å². The molecule has 2 atom stereocenters. The van der Waals surface area contributed by atoms with Crippen LogP contribution in [0.1, 0.15) is 39.5 Å². The monoisotopic (exact) mass is 158 g/mol. The van der Waals surface area contributed by atoms with Crippen molar-refractivity contribution in [3.8, 4) is 0 Å². The highest BCUT2D eigenvalue weighted by molar-refractivity contribution is 4.82. The molecule has 1 fully saturated rings. The molecule has 2 heteroatoms. The molecule has 1 aliphatic rings. The second kappa shape index (κ2) is 3.55. The van der Waals surface area contributed by atoms with E-state index in [2.05, 4.69) is 6.92 Å². The van der Waals surface area contributed by atoms with Crippen molar-refractivity contribution in [1.82, 2.24) is 0 Å². The van der Waals surface area contributed by atoms with E-state index in [-0.39, 0.29) is 0 Å². The van der Waals surface area contributed by atoms with Crippen LogP contribution in [0.5, 0.6) is 0 Å². The van der Waals surface area contributed by atoms with Crippen LogP contribution in [-0.2, 0) is 4.74 Å². The van der Waals surface area contributed by atoms with Crippen LogP contribution in [0.15, 0.2) is 0 Å². The predicted molar refractivity (Wildman–Crippen MR) is 44.5 cm³/mol. The van der Waals surface area contributed by atoms with Crippen molar-refractivity contribution in [2.24, 2.45) is 0 Å². The first kappa shape index (κ1) is 9.01. The smallest absolute Gasteiger partial charge is 0.0837 e. The Kier molecular flexibility index (Phi) is 2.90. The molecule has 0 saturated carbocycles. The van der Waals surface area contributed by atoms with E-state index in [4.69, 9.17) is 4.74 Å². The van der Waals surface area contributed by atoms with Crippen molar-refractivity contribution in [2.45, 2.75) is 51.2 Å². The van der Waals surface area contributed by atoms with Crippen LogP contribution in [0.25, 0.3) is 0 Å². The van der Waals surface area contributed by atoms with Crippen LogP contribution in [0.2, 0.25) is 0 Å². The van der Waals surface area contributed by atoms with E-state index in [1.807, 2.05) is 6.92 Å². The minimum absolute atomic E-state index is 0.349. The molecule has 0 aromatic carbocycles. The van der Waals surface area contributed by atoms with E-state index in [1.54, 1.807) is 0 Å². The van der Waals surface area contributed by atoms with E-state index in [9.17, 15) is 5.11 Å². The Balaban J connectivity index is 2.14. The number of ether oxygens (including phenoxy) is 1. The Morgan fingerprint density at radius 2 is 2.27 bits per heavy atom. The first-order chi connectivity index (χ1) is 5.14. The third-order valence-corrected chi connectivity index (χ3v) is 2.14. The SMILES string of the molecule is CCCCC(C)(O)CC1CO1. The van der Waals surface area contributed by atoms with Crippen molar-refractivity contribution >= 4 is 0 Å². The summed E-state index contributed by atoms with van der Waals surface area (Å²) in [6.07, 6.45) is 4.33. The Bertz CT molecular complexity index is 117. The number of hydrogen-bond donors (Lipinski definition) is 1. The summed E-state index contributed by atoms with van der Waals surface area (Å²) in [5.41, 5.74) is -0.489. The summed E-state index contributed by atoms with van der Waals surface area (Å²) in [5.74, 6) is 0. The number of epoxide rings is 1. The number of aliphatic hydroxyl groups is 1. The molecular formula is C9H18O2. The highest BCUT2D eigenvalue weighted by Crippen LogP contribution is 2.26. The van der Waals surface area contributed by atoms with E-state index in [0.717, 1.165) is 32.3 Å². The first-order valence-corrected chi connectivity index (χ1v) is 4.48. The molecule has 0 spiro atoms. The van der Waals surface area contributed by atoms with E-state index < -0.39 is 5.60 Å². The van der Waals surface area contributed by atoms with Gasteiger partial charge in [-0.15, -0.1) is 0 Å². The predicted octanol–water partition coefficient (Wildman–Crippen LogP) is 1.72. The Hall–Kier alpha value is -0.0800. The van der Waals surface area contributed by atoms with Gasteiger partial charge in [0.15, 0.2) is 0 Å². The van der Waals surface area contributed by atoms with Crippen LogP contribution in [0.3, 0.4) is 0 Å². The molecule has 1 rings (SSSR count). The molecule has 1 aliphatic heterocycles. The van der Waals surface area contributed by atoms with Gasteiger partial charge in [-0.1, -0.05) is 19.8 Å². The maximum Gasteiger partial charge on any atom is 0.0837 e. The molecule has 0 aromatic rings. The lowest BCUT2D eigenvalue weighted by molar-refractivity contribution is 0.0324. The highest BCUT2D eigenvalue weighted by atomic mass is 16.6. The van der Waals surface area contributed by atoms with Crippen LogP contribution >= 0.6 is 0 Å². The molecule has 2 unspecified atom stereocenters. The van der Waals surface area contributed by atoms with Gasteiger partial charge >= 0.3 is 0 Å². The second-order valence-corrected chi connectivity index (χ2v) is 3.76. The van der Waals surface area contributed by atoms with Gasteiger partial charge in [0.25, 0.3) is 0 Å². The largest absolute Gasteiger partial charge is 0.390 e. The van der Waals surface area contributed by atoms with Gasteiger partial charge in [0.1, 0.15) is 0 Å². The molecule has 0 bridgehead atoms. The Labute approximate surface area is 68.6 Å². The average molecular weight is 158 g/mol. The van der Waals surface area contributed by atoms with E-state index in [1.165, 1.54) is 0 Å². The lowest BCUT2D eigenvalue weighted by atomic mass is 9.94. The molecule has 1 heterocycles. The van der Waals surface area contributed by atoms with Crippen molar-refractivity contribution in [1.29, 1.82) is 0 Å². The topological polar surface area (TPSA) is 32.8 Å². The number of hydrogen-bond acceptors (Lipinski definition) is 2. The van der Waals surface area contributed by atoms with Gasteiger partial charge in [-0.3, -0.25) is 0 Å². The summed E-state index contributed by atoms with van der Waals surface area (Å²) in [6.45, 7) is 4.90. The van der Waals surface area contributed by atoms with E-state index >= 15 is 0 Å². The van der Waals surface area contributed by atoms with Gasteiger partial charge in [0, 0.05) is 6.42 Å². The minimum Gasteiger partial charge on any atom is -0.390 e. The van der Waals surface area contributed by atoms with Crippen molar-refractivity contribution in [3.63, 3.8) is 0 Å². The summed E-state index contributed by atoms with van der Waals surface area (Å²) >= 11 is 0. The Morgan fingerprint density at radius 3 is 2.73 bits per heavy atom. The summed E-state index contributed by atoms with van der Waals surface area (Å²) in [4.78, 5) is 0. The van der Waals surface area contributed by atoms with Crippen LogP contribution < -0.4 is 0 Å². The maximum atomic E-state index is 9.78. The lowest BCUT2D eigenvalue weighted by Crippen LogP contribution is -2.25. The summed E-state index contributed by atoms with van der Waals surface area (Å²) in [5, 5.41) is 9.78. The fourth-order valence-corrected chi connectivity index (χ4v) is 1.34. The van der Waals surface area contributed by atoms with Crippen molar-refractivity contribution in [3.05, 3.63) is 0 Å². The quantitative estimate of drug-likeness (QED) is 0.618. The summed E-state index contributed by atoms with van der Waals surface area (Å²) in [7, 11) is 0. The Morgan fingerprint density at radius 1 is 1.64 bits per heavy atom. The molecule has 1 saturated heterocycles. The highest BCUT2D eigenvalue weighted by Gasteiger charge is 2.32.